The predicted octanol–water partition coefficient (Wildman–Crippen LogP) is 1.86. The van der Waals surface area contributed by atoms with Crippen molar-refractivity contribution < 1.29 is 4.74 Å². The molecule has 2 heteroatoms. The molecule has 0 atom stereocenters. The molecule has 0 aliphatic heterocycles. The second-order valence-corrected chi connectivity index (χ2v) is 2.80. The molecule has 1 aliphatic rings. The highest BCUT2D eigenvalue weighted by Gasteiger charge is 2.37. The number of hydrogen-bond acceptors (Lipinski definition) is 2. The van der Waals surface area contributed by atoms with Gasteiger partial charge in [-0.2, -0.15) is 5.26 Å². The van der Waals surface area contributed by atoms with Gasteiger partial charge < -0.3 is 4.74 Å². The molecule has 0 bridgehead atoms. The van der Waals surface area contributed by atoms with Gasteiger partial charge in [0.2, 0.25) is 0 Å². The van der Waals surface area contributed by atoms with Gasteiger partial charge in [-0.05, 0) is 26.2 Å². The Morgan fingerprint density at radius 3 is 2.60 bits per heavy atom. The van der Waals surface area contributed by atoms with Crippen molar-refractivity contribution in [3.63, 3.8) is 0 Å². The number of rotatable bonds is 3. The first kappa shape index (κ1) is 7.56. The average molecular weight is 139 g/mol. The number of ether oxygens (including phenoxy) is 1. The third kappa shape index (κ3) is 1.30. The van der Waals surface area contributed by atoms with Crippen LogP contribution in [-0.4, -0.2) is 12.2 Å². The van der Waals surface area contributed by atoms with Crippen LogP contribution in [0.4, 0.5) is 0 Å². The van der Waals surface area contributed by atoms with Gasteiger partial charge in [0, 0.05) is 6.61 Å². The van der Waals surface area contributed by atoms with Crippen LogP contribution < -0.4 is 0 Å². The van der Waals surface area contributed by atoms with Gasteiger partial charge in [0.1, 0.15) is 0 Å². The predicted molar refractivity (Wildman–Crippen MR) is 38.4 cm³/mol. The molecule has 0 unspecified atom stereocenters. The van der Waals surface area contributed by atoms with Gasteiger partial charge in [0.15, 0.2) is 0 Å². The molecule has 56 valence electrons. The second kappa shape index (κ2) is 3.03. The van der Waals surface area contributed by atoms with Crippen LogP contribution in [0.5, 0.6) is 0 Å². The fraction of sp³-hybridized carbons (Fsp3) is 0.875. The lowest BCUT2D eigenvalue weighted by Gasteiger charge is -2.39. The molecule has 1 rings (SSSR count). The summed E-state index contributed by atoms with van der Waals surface area (Å²) in [5.74, 6) is 0. The van der Waals surface area contributed by atoms with Gasteiger partial charge in [0.25, 0.3) is 0 Å². The standard InChI is InChI=1S/C8H13NO/c1-2-10-8(6-7-9)4-3-5-8/h2-6H2,1H3. The lowest BCUT2D eigenvalue weighted by Crippen LogP contribution is -2.39. The maximum absolute atomic E-state index is 8.46. The van der Waals surface area contributed by atoms with E-state index >= 15 is 0 Å². The molecular weight excluding hydrogens is 126 g/mol. The fourth-order valence-electron chi connectivity index (χ4n) is 1.39. The van der Waals surface area contributed by atoms with Gasteiger partial charge in [0.05, 0.1) is 18.1 Å². The molecule has 0 amide bonds. The maximum Gasteiger partial charge on any atom is 0.0811 e. The summed E-state index contributed by atoms with van der Waals surface area (Å²) in [5, 5.41) is 8.46. The van der Waals surface area contributed by atoms with E-state index in [2.05, 4.69) is 6.07 Å². The van der Waals surface area contributed by atoms with Crippen molar-refractivity contribution in [1.29, 1.82) is 5.26 Å². The molecule has 0 aromatic carbocycles. The summed E-state index contributed by atoms with van der Waals surface area (Å²) in [6, 6.07) is 2.17. The largest absolute Gasteiger partial charge is 0.374 e. The molecular formula is C8H13NO. The first-order valence-electron chi connectivity index (χ1n) is 3.84. The van der Waals surface area contributed by atoms with Crippen LogP contribution >= 0.6 is 0 Å². The molecule has 0 spiro atoms. The Kier molecular flexibility index (Phi) is 2.29. The Hall–Kier alpha value is -0.550. The van der Waals surface area contributed by atoms with Crippen molar-refractivity contribution in [1.82, 2.24) is 0 Å². The molecule has 0 radical (unpaired) electrons. The van der Waals surface area contributed by atoms with Gasteiger partial charge in [-0.25, -0.2) is 0 Å². The zero-order chi connectivity index (χ0) is 7.45. The van der Waals surface area contributed by atoms with Crippen molar-refractivity contribution in [2.45, 2.75) is 38.2 Å². The summed E-state index contributed by atoms with van der Waals surface area (Å²) in [6.45, 7) is 2.72. The van der Waals surface area contributed by atoms with Crippen LogP contribution in [0.2, 0.25) is 0 Å². The Balaban J connectivity index is 2.36. The average Bonchev–Trinajstić information content (AvgIpc) is 1.84. The van der Waals surface area contributed by atoms with Crippen LogP contribution in [0.1, 0.15) is 32.6 Å². The highest BCUT2D eigenvalue weighted by Crippen LogP contribution is 2.37. The van der Waals surface area contributed by atoms with Crippen LogP contribution in [0.15, 0.2) is 0 Å². The van der Waals surface area contributed by atoms with E-state index < -0.39 is 0 Å². The third-order valence-electron chi connectivity index (χ3n) is 2.12. The summed E-state index contributed by atoms with van der Waals surface area (Å²) in [5.41, 5.74) is -0.0382. The van der Waals surface area contributed by atoms with Gasteiger partial charge in [-0.3, -0.25) is 0 Å². The smallest absolute Gasteiger partial charge is 0.0811 e. The molecule has 0 aromatic heterocycles. The zero-order valence-corrected chi connectivity index (χ0v) is 6.39. The topological polar surface area (TPSA) is 33.0 Å². The Morgan fingerprint density at radius 2 is 2.30 bits per heavy atom. The van der Waals surface area contributed by atoms with Crippen molar-refractivity contribution in [2.24, 2.45) is 0 Å². The highest BCUT2D eigenvalue weighted by atomic mass is 16.5. The minimum atomic E-state index is -0.0382. The van der Waals surface area contributed by atoms with E-state index in [1.807, 2.05) is 6.92 Å². The van der Waals surface area contributed by atoms with Gasteiger partial charge >= 0.3 is 0 Å². The second-order valence-electron chi connectivity index (χ2n) is 2.80. The molecule has 10 heavy (non-hydrogen) atoms. The van der Waals surface area contributed by atoms with Gasteiger partial charge in [-0.15, -0.1) is 0 Å². The zero-order valence-electron chi connectivity index (χ0n) is 6.39. The first-order chi connectivity index (χ1) is 4.83. The Morgan fingerprint density at radius 1 is 1.60 bits per heavy atom. The van der Waals surface area contributed by atoms with E-state index in [4.69, 9.17) is 10.00 Å². The van der Waals surface area contributed by atoms with Crippen molar-refractivity contribution in [3.05, 3.63) is 0 Å². The summed E-state index contributed by atoms with van der Waals surface area (Å²) in [6.07, 6.45) is 3.95. The van der Waals surface area contributed by atoms with Crippen LogP contribution in [-0.2, 0) is 4.74 Å². The molecule has 0 saturated heterocycles. The Bertz CT molecular complexity index is 144. The van der Waals surface area contributed by atoms with Crippen molar-refractivity contribution in [2.75, 3.05) is 6.61 Å². The van der Waals surface area contributed by atoms with E-state index in [0.29, 0.717) is 6.42 Å². The molecule has 0 N–H and O–H groups in total. The quantitative estimate of drug-likeness (QED) is 0.598. The van der Waals surface area contributed by atoms with E-state index in [1.165, 1.54) is 6.42 Å². The number of nitrogens with zero attached hydrogens (tertiary/aromatic N) is 1. The van der Waals surface area contributed by atoms with Crippen molar-refractivity contribution >= 4 is 0 Å². The third-order valence-corrected chi connectivity index (χ3v) is 2.12. The van der Waals surface area contributed by atoms with E-state index in [9.17, 15) is 0 Å². The van der Waals surface area contributed by atoms with E-state index in [-0.39, 0.29) is 5.60 Å². The monoisotopic (exact) mass is 139 g/mol. The van der Waals surface area contributed by atoms with Crippen LogP contribution in [0, 0.1) is 11.3 Å². The summed E-state index contributed by atoms with van der Waals surface area (Å²) < 4.78 is 5.48. The van der Waals surface area contributed by atoms with E-state index in [0.717, 1.165) is 19.4 Å². The van der Waals surface area contributed by atoms with Crippen LogP contribution in [0.25, 0.3) is 0 Å². The molecule has 1 fully saturated rings. The molecule has 2 nitrogen and oxygen atoms in total. The minimum Gasteiger partial charge on any atom is -0.374 e. The first-order valence-corrected chi connectivity index (χ1v) is 3.84. The summed E-state index contributed by atoms with van der Waals surface area (Å²) >= 11 is 0. The van der Waals surface area contributed by atoms with Gasteiger partial charge in [-0.1, -0.05) is 0 Å². The minimum absolute atomic E-state index is 0.0382. The molecule has 0 heterocycles. The lowest BCUT2D eigenvalue weighted by molar-refractivity contribution is -0.0907. The molecule has 1 saturated carbocycles. The molecule has 0 aromatic rings. The Labute approximate surface area is 61.8 Å². The summed E-state index contributed by atoms with van der Waals surface area (Å²) in [7, 11) is 0. The maximum atomic E-state index is 8.46. The van der Waals surface area contributed by atoms with Crippen molar-refractivity contribution in [3.8, 4) is 6.07 Å². The van der Waals surface area contributed by atoms with E-state index in [1.54, 1.807) is 0 Å². The SMILES string of the molecule is CCOC1(CC#N)CCC1. The summed E-state index contributed by atoms with van der Waals surface area (Å²) in [4.78, 5) is 0. The normalized spacial score (nSPS) is 21.2. The van der Waals surface area contributed by atoms with Crippen LogP contribution in [0.3, 0.4) is 0 Å². The lowest BCUT2D eigenvalue weighted by atomic mass is 9.78. The molecule has 1 aliphatic carbocycles. The number of hydrogen-bond donors (Lipinski definition) is 0. The number of nitriles is 1. The highest BCUT2D eigenvalue weighted by molar-refractivity contribution is 4.96. The fourth-order valence-corrected chi connectivity index (χ4v) is 1.39.